The first-order chi connectivity index (χ1) is 12.1. The van der Waals surface area contributed by atoms with Crippen molar-refractivity contribution in [3.05, 3.63) is 72.3 Å². The summed E-state index contributed by atoms with van der Waals surface area (Å²) in [7, 11) is 0. The lowest BCUT2D eigenvalue weighted by atomic mass is 10.1. The van der Waals surface area contributed by atoms with E-state index in [0.717, 1.165) is 16.8 Å². The van der Waals surface area contributed by atoms with Gasteiger partial charge in [-0.05, 0) is 43.7 Å². The quantitative estimate of drug-likeness (QED) is 0.751. The molecule has 1 unspecified atom stereocenters. The molecule has 0 fully saturated rings. The Kier molecular flexibility index (Phi) is 5.09. The first-order valence-electron chi connectivity index (χ1n) is 8.05. The summed E-state index contributed by atoms with van der Waals surface area (Å²) in [5.41, 5.74) is 3.08. The molecule has 1 N–H and O–H groups in total. The largest absolute Gasteiger partial charge is 0.484 e. The summed E-state index contributed by atoms with van der Waals surface area (Å²) in [6, 6.07) is 15.3. The number of aryl methyl sites for hydroxylation is 1. The summed E-state index contributed by atoms with van der Waals surface area (Å²) in [5, 5.41) is 7.02. The molecule has 6 heteroatoms. The van der Waals surface area contributed by atoms with Crippen LogP contribution in [0.2, 0.25) is 0 Å². The highest BCUT2D eigenvalue weighted by atomic mass is 16.5. The number of benzene rings is 2. The smallest absolute Gasteiger partial charge is 0.258 e. The zero-order valence-corrected chi connectivity index (χ0v) is 14.2. The molecule has 3 aromatic rings. The monoisotopic (exact) mass is 336 g/mol. The number of nitrogens with one attached hydrogen (secondary N) is 1. The SMILES string of the molecule is Cc1ccc(OCC(=O)NC(C)c2ccc(-n3cncn3)cc2)cc1. The van der Waals surface area contributed by atoms with Gasteiger partial charge in [-0.3, -0.25) is 4.79 Å². The van der Waals surface area contributed by atoms with Crippen LogP contribution in [-0.2, 0) is 4.79 Å². The fourth-order valence-electron chi connectivity index (χ4n) is 2.41. The lowest BCUT2D eigenvalue weighted by molar-refractivity contribution is -0.123. The third-order valence-corrected chi connectivity index (χ3v) is 3.84. The highest BCUT2D eigenvalue weighted by Gasteiger charge is 2.10. The summed E-state index contributed by atoms with van der Waals surface area (Å²) >= 11 is 0. The van der Waals surface area contributed by atoms with E-state index in [9.17, 15) is 4.79 Å². The van der Waals surface area contributed by atoms with Crippen LogP contribution in [0.25, 0.3) is 5.69 Å². The van der Waals surface area contributed by atoms with Crippen LogP contribution < -0.4 is 10.1 Å². The Bertz CT molecular complexity index is 812. The van der Waals surface area contributed by atoms with Gasteiger partial charge in [0.25, 0.3) is 5.91 Å². The van der Waals surface area contributed by atoms with Crippen molar-refractivity contribution in [1.82, 2.24) is 20.1 Å². The van der Waals surface area contributed by atoms with Crippen LogP contribution in [-0.4, -0.2) is 27.3 Å². The standard InChI is InChI=1S/C19H20N4O2/c1-14-3-9-18(10-4-14)25-11-19(24)22-15(2)16-5-7-17(8-6-16)23-13-20-12-21-23/h3-10,12-13,15H,11H2,1-2H3,(H,22,24). The zero-order chi connectivity index (χ0) is 17.6. The second-order valence-corrected chi connectivity index (χ2v) is 5.82. The van der Waals surface area contributed by atoms with Crippen molar-refractivity contribution in [2.24, 2.45) is 0 Å². The van der Waals surface area contributed by atoms with E-state index in [1.54, 1.807) is 11.0 Å². The predicted octanol–water partition coefficient (Wildman–Crippen LogP) is 2.83. The van der Waals surface area contributed by atoms with Crippen molar-refractivity contribution in [3.63, 3.8) is 0 Å². The minimum atomic E-state index is -0.159. The first kappa shape index (κ1) is 16.7. The second kappa shape index (κ2) is 7.61. The lowest BCUT2D eigenvalue weighted by Crippen LogP contribution is -2.31. The number of nitrogens with zero attached hydrogens (tertiary/aromatic N) is 3. The summed E-state index contributed by atoms with van der Waals surface area (Å²) < 4.78 is 7.18. The van der Waals surface area contributed by atoms with Crippen LogP contribution in [0.5, 0.6) is 5.75 Å². The molecular formula is C19H20N4O2. The molecule has 128 valence electrons. The number of aromatic nitrogens is 3. The molecule has 1 amide bonds. The number of carbonyl (C=O) groups is 1. The third kappa shape index (κ3) is 4.44. The minimum absolute atomic E-state index is 0.00948. The van der Waals surface area contributed by atoms with Crippen molar-refractivity contribution in [2.45, 2.75) is 19.9 Å². The van der Waals surface area contributed by atoms with E-state index in [1.165, 1.54) is 6.33 Å². The Morgan fingerprint density at radius 1 is 1.16 bits per heavy atom. The predicted molar refractivity (Wildman–Crippen MR) is 94.6 cm³/mol. The van der Waals surface area contributed by atoms with Gasteiger partial charge in [0.15, 0.2) is 6.61 Å². The molecular weight excluding hydrogens is 316 g/mol. The van der Waals surface area contributed by atoms with Crippen molar-refractivity contribution in [2.75, 3.05) is 6.61 Å². The molecule has 25 heavy (non-hydrogen) atoms. The maximum absolute atomic E-state index is 12.1. The molecule has 2 aromatic carbocycles. The molecule has 6 nitrogen and oxygen atoms in total. The summed E-state index contributed by atoms with van der Waals surface area (Å²) in [6.07, 6.45) is 3.13. The van der Waals surface area contributed by atoms with Gasteiger partial charge < -0.3 is 10.1 Å². The van der Waals surface area contributed by atoms with Gasteiger partial charge >= 0.3 is 0 Å². The van der Waals surface area contributed by atoms with E-state index in [4.69, 9.17) is 4.74 Å². The topological polar surface area (TPSA) is 69.0 Å². The van der Waals surface area contributed by atoms with E-state index >= 15 is 0 Å². The number of hydrogen-bond donors (Lipinski definition) is 1. The Hall–Kier alpha value is -3.15. The van der Waals surface area contributed by atoms with E-state index in [-0.39, 0.29) is 18.6 Å². The molecule has 0 aliphatic rings. The Morgan fingerprint density at radius 3 is 2.52 bits per heavy atom. The summed E-state index contributed by atoms with van der Waals surface area (Å²) in [4.78, 5) is 16.0. The first-order valence-corrected chi connectivity index (χ1v) is 8.05. The van der Waals surface area contributed by atoms with Gasteiger partial charge in [-0.15, -0.1) is 0 Å². The Balaban J connectivity index is 1.53. The van der Waals surface area contributed by atoms with Gasteiger partial charge in [-0.2, -0.15) is 5.10 Å². The van der Waals surface area contributed by atoms with Crippen LogP contribution in [0.4, 0.5) is 0 Å². The summed E-state index contributed by atoms with van der Waals surface area (Å²) in [5.74, 6) is 0.527. The van der Waals surface area contributed by atoms with E-state index < -0.39 is 0 Å². The van der Waals surface area contributed by atoms with Gasteiger partial charge in [-0.1, -0.05) is 29.8 Å². The van der Waals surface area contributed by atoms with Gasteiger partial charge in [0, 0.05) is 0 Å². The number of ether oxygens (including phenoxy) is 1. The van der Waals surface area contributed by atoms with Crippen LogP contribution in [0.3, 0.4) is 0 Å². The van der Waals surface area contributed by atoms with Crippen molar-refractivity contribution in [1.29, 1.82) is 0 Å². The van der Waals surface area contributed by atoms with Crippen molar-refractivity contribution < 1.29 is 9.53 Å². The molecule has 0 radical (unpaired) electrons. The van der Waals surface area contributed by atoms with Crippen LogP contribution in [0.15, 0.2) is 61.2 Å². The van der Waals surface area contributed by atoms with Gasteiger partial charge in [0.1, 0.15) is 18.4 Å². The van der Waals surface area contributed by atoms with Crippen molar-refractivity contribution >= 4 is 5.91 Å². The molecule has 0 saturated carbocycles. The molecule has 0 bridgehead atoms. The normalized spacial score (nSPS) is 11.8. The number of hydrogen-bond acceptors (Lipinski definition) is 4. The molecule has 1 heterocycles. The highest BCUT2D eigenvalue weighted by molar-refractivity contribution is 5.78. The zero-order valence-electron chi connectivity index (χ0n) is 14.2. The average molecular weight is 336 g/mol. The fraction of sp³-hybridized carbons (Fsp3) is 0.211. The number of amides is 1. The lowest BCUT2D eigenvalue weighted by Gasteiger charge is -2.15. The van der Waals surface area contributed by atoms with Crippen LogP contribution in [0, 0.1) is 6.92 Å². The second-order valence-electron chi connectivity index (χ2n) is 5.82. The molecule has 0 saturated heterocycles. The van der Waals surface area contributed by atoms with E-state index in [1.807, 2.05) is 62.4 Å². The molecule has 0 aliphatic carbocycles. The van der Waals surface area contributed by atoms with Crippen LogP contribution >= 0.6 is 0 Å². The number of carbonyl (C=O) groups excluding carboxylic acids is 1. The summed E-state index contributed by atoms with van der Waals surface area (Å²) in [6.45, 7) is 3.94. The molecule has 1 atom stereocenters. The fourth-order valence-corrected chi connectivity index (χ4v) is 2.41. The van der Waals surface area contributed by atoms with E-state index in [2.05, 4.69) is 15.4 Å². The minimum Gasteiger partial charge on any atom is -0.484 e. The Morgan fingerprint density at radius 2 is 1.88 bits per heavy atom. The number of rotatable bonds is 6. The maximum Gasteiger partial charge on any atom is 0.258 e. The average Bonchev–Trinajstić information content (AvgIpc) is 3.16. The van der Waals surface area contributed by atoms with Crippen LogP contribution in [0.1, 0.15) is 24.1 Å². The Labute approximate surface area is 146 Å². The molecule has 0 spiro atoms. The van der Waals surface area contributed by atoms with Gasteiger partial charge in [0.05, 0.1) is 11.7 Å². The van der Waals surface area contributed by atoms with Gasteiger partial charge in [0.2, 0.25) is 0 Å². The van der Waals surface area contributed by atoms with Crippen molar-refractivity contribution in [3.8, 4) is 11.4 Å². The highest BCUT2D eigenvalue weighted by Crippen LogP contribution is 2.15. The maximum atomic E-state index is 12.1. The molecule has 0 aliphatic heterocycles. The van der Waals surface area contributed by atoms with Gasteiger partial charge in [-0.25, -0.2) is 9.67 Å². The third-order valence-electron chi connectivity index (χ3n) is 3.84. The molecule has 3 rings (SSSR count). The van der Waals surface area contributed by atoms with E-state index in [0.29, 0.717) is 5.75 Å². The molecule has 1 aromatic heterocycles.